The van der Waals surface area contributed by atoms with E-state index in [4.69, 9.17) is 20.9 Å². The first-order valence-electron chi connectivity index (χ1n) is 8.57. The number of hydrogen-bond donors (Lipinski definition) is 2. The summed E-state index contributed by atoms with van der Waals surface area (Å²) in [7, 11) is 1.66. The van der Waals surface area contributed by atoms with Crippen LogP contribution in [0.2, 0.25) is 0 Å². The third-order valence-electron chi connectivity index (χ3n) is 4.11. The highest BCUT2D eigenvalue weighted by Gasteiger charge is 2.11. The van der Waals surface area contributed by atoms with E-state index >= 15 is 0 Å². The number of methoxy groups -OCH3 is 1. The van der Waals surface area contributed by atoms with Crippen LogP contribution in [-0.4, -0.2) is 45.9 Å². The second-order valence-electron chi connectivity index (χ2n) is 6.13. The number of nitrogens with zero attached hydrogens (tertiary/aromatic N) is 4. The summed E-state index contributed by atoms with van der Waals surface area (Å²) in [6.45, 7) is 1.18. The van der Waals surface area contributed by atoms with Gasteiger partial charge in [0.05, 0.1) is 19.4 Å². The predicted molar refractivity (Wildman–Crippen MR) is 99.0 cm³/mol. The molecule has 138 valence electrons. The number of rotatable bonds is 9. The van der Waals surface area contributed by atoms with Crippen LogP contribution >= 0.6 is 0 Å². The lowest BCUT2D eigenvalue weighted by Crippen LogP contribution is -2.25. The first kappa shape index (κ1) is 18.1. The van der Waals surface area contributed by atoms with E-state index in [0.29, 0.717) is 31.2 Å². The molecule has 0 amide bonds. The summed E-state index contributed by atoms with van der Waals surface area (Å²) >= 11 is 0. The second-order valence-corrected chi connectivity index (χ2v) is 6.13. The number of ether oxygens (including phenoxy) is 2. The molecule has 8 nitrogen and oxygen atoms in total. The van der Waals surface area contributed by atoms with Crippen LogP contribution in [-0.2, 0) is 11.2 Å². The molecule has 0 aliphatic carbocycles. The maximum absolute atomic E-state index is 5.97. The summed E-state index contributed by atoms with van der Waals surface area (Å²) in [6, 6.07) is 8.01. The lowest BCUT2D eigenvalue weighted by Gasteiger charge is -2.13. The number of hydrogen-bond acceptors (Lipinski definition) is 7. The van der Waals surface area contributed by atoms with E-state index in [2.05, 4.69) is 15.1 Å². The molecule has 4 N–H and O–H groups in total. The normalized spacial score (nSPS) is 12.4. The Labute approximate surface area is 152 Å². The third-order valence-corrected chi connectivity index (χ3v) is 4.11. The van der Waals surface area contributed by atoms with Crippen LogP contribution in [0.1, 0.15) is 24.0 Å². The molecule has 0 radical (unpaired) electrons. The molecule has 3 rings (SSSR count). The molecule has 0 saturated heterocycles. The summed E-state index contributed by atoms with van der Waals surface area (Å²) in [5.41, 5.74) is 14.5. The van der Waals surface area contributed by atoms with E-state index in [9.17, 15) is 0 Å². The Morgan fingerprint density at radius 1 is 1.19 bits per heavy atom. The zero-order chi connectivity index (χ0) is 18.4. The molecule has 3 aromatic rings. The minimum Gasteiger partial charge on any atom is -0.493 e. The van der Waals surface area contributed by atoms with Crippen LogP contribution < -0.4 is 16.2 Å². The van der Waals surface area contributed by atoms with Gasteiger partial charge in [-0.25, -0.2) is 9.97 Å². The molecule has 0 bridgehead atoms. The third kappa shape index (κ3) is 4.27. The molecule has 2 heterocycles. The Kier molecular flexibility index (Phi) is 5.98. The fourth-order valence-electron chi connectivity index (χ4n) is 2.82. The lowest BCUT2D eigenvalue weighted by atomic mass is 10.1. The molecule has 1 atom stereocenters. The molecular weight excluding hydrogens is 332 g/mol. The molecule has 0 aliphatic heterocycles. The van der Waals surface area contributed by atoms with E-state index in [1.54, 1.807) is 13.3 Å². The summed E-state index contributed by atoms with van der Waals surface area (Å²) in [6.07, 6.45) is 5.60. The van der Waals surface area contributed by atoms with Crippen molar-refractivity contribution < 1.29 is 9.47 Å². The zero-order valence-corrected chi connectivity index (χ0v) is 14.8. The number of nitrogens with two attached hydrogens (primary N) is 2. The van der Waals surface area contributed by atoms with Crippen molar-refractivity contribution in [3.05, 3.63) is 47.9 Å². The van der Waals surface area contributed by atoms with Gasteiger partial charge < -0.3 is 20.9 Å². The van der Waals surface area contributed by atoms with Crippen molar-refractivity contribution in [2.45, 2.75) is 25.3 Å². The number of aromatic nitrogens is 4. The minimum absolute atomic E-state index is 0.0442. The monoisotopic (exact) mass is 356 g/mol. The maximum atomic E-state index is 5.97. The molecule has 0 unspecified atom stereocenters. The SMILES string of the molecule is COC[C@H](N)CCCOc1ccccc1Cc1cnn2c(N)ncnc12. The molecule has 1 aromatic carbocycles. The van der Waals surface area contributed by atoms with Gasteiger partial charge in [-0.3, -0.25) is 0 Å². The van der Waals surface area contributed by atoms with Gasteiger partial charge in [0.1, 0.15) is 12.1 Å². The fraction of sp³-hybridized carbons (Fsp3) is 0.389. The van der Waals surface area contributed by atoms with Gasteiger partial charge >= 0.3 is 0 Å². The van der Waals surface area contributed by atoms with Crippen molar-refractivity contribution >= 4 is 11.6 Å². The van der Waals surface area contributed by atoms with Gasteiger partial charge in [-0.1, -0.05) is 18.2 Å². The van der Waals surface area contributed by atoms with E-state index in [1.807, 2.05) is 24.3 Å². The molecule has 0 aliphatic rings. The van der Waals surface area contributed by atoms with Crippen LogP contribution in [0.25, 0.3) is 5.65 Å². The van der Waals surface area contributed by atoms with Crippen molar-refractivity contribution in [2.75, 3.05) is 26.1 Å². The highest BCUT2D eigenvalue weighted by atomic mass is 16.5. The summed E-state index contributed by atoms with van der Waals surface area (Å²) < 4.78 is 12.6. The highest BCUT2D eigenvalue weighted by Crippen LogP contribution is 2.23. The summed E-state index contributed by atoms with van der Waals surface area (Å²) in [5, 5.41) is 4.26. The number of benzene rings is 1. The van der Waals surface area contributed by atoms with Crippen LogP contribution in [0.4, 0.5) is 5.95 Å². The molecule has 0 spiro atoms. The number of para-hydroxylation sites is 1. The quantitative estimate of drug-likeness (QED) is 0.557. The van der Waals surface area contributed by atoms with Crippen molar-refractivity contribution in [3.63, 3.8) is 0 Å². The van der Waals surface area contributed by atoms with E-state index in [1.165, 1.54) is 10.8 Å². The predicted octanol–water partition coefficient (Wildman–Crippen LogP) is 1.43. The minimum atomic E-state index is 0.0442. The van der Waals surface area contributed by atoms with Gasteiger partial charge in [-0.05, 0) is 24.5 Å². The first-order valence-corrected chi connectivity index (χ1v) is 8.57. The second kappa shape index (κ2) is 8.59. The standard InChI is InChI=1S/C18H24N6O2/c1-25-11-15(19)6-4-8-26-16-7-3-2-5-13(16)9-14-10-23-24-17(14)21-12-22-18(24)20/h2-3,5,7,10,12,15H,4,6,8-9,11,19H2,1H3,(H2,20,21,22)/t15-/m1/s1. The fourth-order valence-corrected chi connectivity index (χ4v) is 2.82. The Bertz CT molecular complexity index is 851. The van der Waals surface area contributed by atoms with E-state index in [0.717, 1.165) is 29.7 Å². The Hall–Kier alpha value is -2.71. The van der Waals surface area contributed by atoms with Crippen molar-refractivity contribution in [1.82, 2.24) is 19.6 Å². The Balaban J connectivity index is 1.66. The Morgan fingerprint density at radius 3 is 2.88 bits per heavy atom. The largest absolute Gasteiger partial charge is 0.493 e. The molecular formula is C18H24N6O2. The average molecular weight is 356 g/mol. The van der Waals surface area contributed by atoms with Gasteiger partial charge in [0.15, 0.2) is 5.65 Å². The Morgan fingerprint density at radius 2 is 2.04 bits per heavy atom. The number of fused-ring (bicyclic) bond motifs is 1. The van der Waals surface area contributed by atoms with E-state index in [-0.39, 0.29) is 6.04 Å². The van der Waals surface area contributed by atoms with Gasteiger partial charge in [0.25, 0.3) is 0 Å². The van der Waals surface area contributed by atoms with Crippen LogP contribution in [0.15, 0.2) is 36.8 Å². The number of anilines is 1. The van der Waals surface area contributed by atoms with Crippen molar-refractivity contribution in [3.8, 4) is 5.75 Å². The molecule has 8 heteroatoms. The first-order chi connectivity index (χ1) is 12.7. The smallest absolute Gasteiger partial charge is 0.224 e. The van der Waals surface area contributed by atoms with Crippen LogP contribution in [0, 0.1) is 0 Å². The van der Waals surface area contributed by atoms with Gasteiger partial charge in [-0.2, -0.15) is 9.61 Å². The van der Waals surface area contributed by atoms with Gasteiger partial charge in [-0.15, -0.1) is 0 Å². The van der Waals surface area contributed by atoms with Crippen molar-refractivity contribution in [2.24, 2.45) is 5.73 Å². The molecule has 2 aromatic heterocycles. The zero-order valence-electron chi connectivity index (χ0n) is 14.8. The van der Waals surface area contributed by atoms with Crippen LogP contribution in [0.5, 0.6) is 5.75 Å². The molecule has 26 heavy (non-hydrogen) atoms. The molecule has 0 saturated carbocycles. The van der Waals surface area contributed by atoms with Crippen LogP contribution in [0.3, 0.4) is 0 Å². The van der Waals surface area contributed by atoms with Gasteiger partial charge in [0.2, 0.25) is 5.95 Å². The maximum Gasteiger partial charge on any atom is 0.224 e. The lowest BCUT2D eigenvalue weighted by molar-refractivity contribution is 0.172. The van der Waals surface area contributed by atoms with Crippen molar-refractivity contribution in [1.29, 1.82) is 0 Å². The average Bonchev–Trinajstić information content (AvgIpc) is 3.05. The van der Waals surface area contributed by atoms with E-state index < -0.39 is 0 Å². The summed E-state index contributed by atoms with van der Waals surface area (Å²) in [4.78, 5) is 8.23. The molecule has 0 fully saturated rings. The highest BCUT2D eigenvalue weighted by molar-refractivity contribution is 5.52. The number of nitrogen functional groups attached to an aromatic ring is 1. The van der Waals surface area contributed by atoms with Gasteiger partial charge in [0, 0.05) is 25.1 Å². The summed E-state index contributed by atoms with van der Waals surface area (Å²) in [5.74, 6) is 1.17. The topological polar surface area (TPSA) is 114 Å².